The molecule has 1 unspecified atom stereocenters. The Balaban J connectivity index is 1.75. The summed E-state index contributed by atoms with van der Waals surface area (Å²) in [5.74, 6) is 0.109. The third kappa shape index (κ3) is 3.55. The molecule has 0 fully saturated rings. The summed E-state index contributed by atoms with van der Waals surface area (Å²) in [5, 5.41) is 10.4. The minimum absolute atomic E-state index is 0.0888. The number of aromatic nitrogens is 2. The molecule has 0 bridgehead atoms. The molecular weight excluding hydrogens is 446 g/mol. The van der Waals surface area contributed by atoms with Crippen molar-refractivity contribution in [2.45, 2.75) is 59.4 Å². The second-order valence-corrected chi connectivity index (χ2v) is 10.3. The van der Waals surface area contributed by atoms with Crippen molar-refractivity contribution in [3.05, 3.63) is 85.2 Å². The van der Waals surface area contributed by atoms with Gasteiger partial charge >= 0.3 is 0 Å². The molecular formula is C27H27N3O3S. The Labute approximate surface area is 202 Å². The lowest BCUT2D eigenvalue weighted by atomic mass is 9.95. The number of fused-ring (bicyclic) bond motifs is 2. The van der Waals surface area contributed by atoms with Crippen LogP contribution in [-0.4, -0.2) is 16.1 Å². The SMILES string of the molecule is CCCc1nnc(N2C(=O)c3oc4cc(C)c(C)cc4c(=O)c3C2c2ccc(C(C)C)cc2)s1. The van der Waals surface area contributed by atoms with E-state index in [0.29, 0.717) is 27.6 Å². The van der Waals surface area contributed by atoms with Gasteiger partial charge in [0, 0.05) is 6.42 Å². The van der Waals surface area contributed by atoms with E-state index in [-0.39, 0.29) is 17.1 Å². The minimum atomic E-state index is -0.617. The predicted molar refractivity (Wildman–Crippen MR) is 135 cm³/mol. The van der Waals surface area contributed by atoms with Crippen LogP contribution in [-0.2, 0) is 6.42 Å². The van der Waals surface area contributed by atoms with Gasteiger partial charge in [-0.2, -0.15) is 0 Å². The summed E-state index contributed by atoms with van der Waals surface area (Å²) in [5.41, 5.74) is 4.67. The molecule has 7 heteroatoms. The predicted octanol–water partition coefficient (Wildman–Crippen LogP) is 6.09. The van der Waals surface area contributed by atoms with Crippen molar-refractivity contribution in [1.29, 1.82) is 0 Å². The van der Waals surface area contributed by atoms with E-state index in [1.807, 2.05) is 38.1 Å². The van der Waals surface area contributed by atoms with Crippen molar-refractivity contribution in [2.24, 2.45) is 0 Å². The van der Waals surface area contributed by atoms with Crippen molar-refractivity contribution in [3.8, 4) is 0 Å². The molecule has 5 rings (SSSR count). The zero-order valence-corrected chi connectivity index (χ0v) is 20.8. The highest BCUT2D eigenvalue weighted by Crippen LogP contribution is 2.42. The van der Waals surface area contributed by atoms with E-state index in [2.05, 4.69) is 43.1 Å². The fraction of sp³-hybridized carbons (Fsp3) is 0.333. The fourth-order valence-electron chi connectivity index (χ4n) is 4.46. The minimum Gasteiger partial charge on any atom is -0.450 e. The van der Waals surface area contributed by atoms with Crippen LogP contribution in [0.2, 0.25) is 0 Å². The maximum Gasteiger partial charge on any atom is 0.297 e. The molecule has 0 aliphatic carbocycles. The Hall–Kier alpha value is -3.32. The summed E-state index contributed by atoms with van der Waals surface area (Å²) >= 11 is 1.39. The summed E-state index contributed by atoms with van der Waals surface area (Å²) in [7, 11) is 0. The normalized spacial score (nSPS) is 15.5. The molecule has 1 amide bonds. The molecule has 0 spiro atoms. The van der Waals surface area contributed by atoms with Crippen LogP contribution in [0.15, 0.2) is 45.6 Å². The maximum absolute atomic E-state index is 13.8. The van der Waals surface area contributed by atoms with Gasteiger partial charge in [-0.15, -0.1) is 10.2 Å². The van der Waals surface area contributed by atoms with Gasteiger partial charge in [-0.3, -0.25) is 14.5 Å². The maximum atomic E-state index is 13.8. The molecule has 6 nitrogen and oxygen atoms in total. The highest BCUT2D eigenvalue weighted by molar-refractivity contribution is 7.15. The van der Waals surface area contributed by atoms with Crippen LogP contribution in [0.25, 0.3) is 11.0 Å². The zero-order chi connectivity index (χ0) is 24.1. The summed E-state index contributed by atoms with van der Waals surface area (Å²) in [6.07, 6.45) is 1.73. The standard InChI is InChI=1S/C27H27N3O3S/c1-6-7-21-28-29-27(34-21)30-23(18-10-8-17(9-11-18)14(2)3)22-24(31)19-12-15(4)16(5)13-20(19)33-25(22)26(30)32/h8-14,23H,6-7H2,1-5H3. The molecule has 1 atom stereocenters. The zero-order valence-electron chi connectivity index (χ0n) is 20.0. The topological polar surface area (TPSA) is 76.3 Å². The number of benzene rings is 2. The lowest BCUT2D eigenvalue weighted by Crippen LogP contribution is -2.29. The largest absolute Gasteiger partial charge is 0.450 e. The Bertz CT molecular complexity index is 1470. The van der Waals surface area contributed by atoms with E-state index in [0.717, 1.165) is 34.5 Å². The van der Waals surface area contributed by atoms with E-state index < -0.39 is 6.04 Å². The van der Waals surface area contributed by atoms with Gasteiger partial charge in [0.15, 0.2) is 5.43 Å². The lowest BCUT2D eigenvalue weighted by Gasteiger charge is -2.22. The summed E-state index contributed by atoms with van der Waals surface area (Å²) < 4.78 is 6.12. The van der Waals surface area contributed by atoms with Gasteiger partial charge in [0.2, 0.25) is 10.9 Å². The monoisotopic (exact) mass is 473 g/mol. The van der Waals surface area contributed by atoms with Crippen LogP contribution >= 0.6 is 11.3 Å². The smallest absolute Gasteiger partial charge is 0.297 e. The average Bonchev–Trinajstić information content (AvgIpc) is 3.38. The molecule has 0 N–H and O–H groups in total. The van der Waals surface area contributed by atoms with Gasteiger partial charge in [-0.1, -0.05) is 56.4 Å². The van der Waals surface area contributed by atoms with Crippen LogP contribution < -0.4 is 10.3 Å². The highest BCUT2D eigenvalue weighted by atomic mass is 32.1. The third-order valence-corrected chi connectivity index (χ3v) is 7.51. The molecule has 34 heavy (non-hydrogen) atoms. The van der Waals surface area contributed by atoms with Crippen LogP contribution in [0.5, 0.6) is 0 Å². The van der Waals surface area contributed by atoms with Crippen molar-refractivity contribution < 1.29 is 9.21 Å². The molecule has 174 valence electrons. The molecule has 4 aromatic rings. The number of nitrogens with zero attached hydrogens (tertiary/aromatic N) is 3. The number of carbonyl (C=O) groups is 1. The average molecular weight is 474 g/mol. The Morgan fingerprint density at radius 2 is 1.76 bits per heavy atom. The Morgan fingerprint density at radius 1 is 1.06 bits per heavy atom. The first-order valence-corrected chi connectivity index (χ1v) is 12.5. The van der Waals surface area contributed by atoms with Gasteiger partial charge in [-0.25, -0.2) is 0 Å². The van der Waals surface area contributed by atoms with Crippen molar-refractivity contribution >= 4 is 33.3 Å². The fourth-order valence-corrected chi connectivity index (χ4v) is 5.43. The molecule has 1 aliphatic rings. The number of aryl methyl sites for hydroxylation is 3. The first-order valence-electron chi connectivity index (χ1n) is 11.6. The number of rotatable bonds is 5. The van der Waals surface area contributed by atoms with E-state index >= 15 is 0 Å². The number of hydrogen-bond donors (Lipinski definition) is 0. The Kier molecular flexibility index (Phi) is 5.60. The summed E-state index contributed by atoms with van der Waals surface area (Å²) in [6.45, 7) is 10.3. The van der Waals surface area contributed by atoms with Crippen LogP contribution in [0.1, 0.15) is 82.5 Å². The van der Waals surface area contributed by atoms with Gasteiger partial charge < -0.3 is 4.42 Å². The Morgan fingerprint density at radius 3 is 2.44 bits per heavy atom. The van der Waals surface area contributed by atoms with Crippen LogP contribution in [0.4, 0.5) is 5.13 Å². The second kappa shape index (κ2) is 8.47. The highest BCUT2D eigenvalue weighted by Gasteiger charge is 2.45. The number of amides is 1. The molecule has 2 aromatic heterocycles. The molecule has 1 aliphatic heterocycles. The molecule has 3 heterocycles. The van der Waals surface area contributed by atoms with Gasteiger partial charge in [0.1, 0.15) is 10.6 Å². The van der Waals surface area contributed by atoms with Crippen molar-refractivity contribution in [3.63, 3.8) is 0 Å². The molecule has 0 saturated heterocycles. The number of hydrogen-bond acceptors (Lipinski definition) is 6. The van der Waals surface area contributed by atoms with Crippen molar-refractivity contribution in [2.75, 3.05) is 4.90 Å². The first-order chi connectivity index (χ1) is 16.3. The summed E-state index contributed by atoms with van der Waals surface area (Å²) in [4.78, 5) is 29.1. The summed E-state index contributed by atoms with van der Waals surface area (Å²) in [6, 6.07) is 11.2. The van der Waals surface area contributed by atoms with Crippen LogP contribution in [0, 0.1) is 13.8 Å². The van der Waals surface area contributed by atoms with E-state index in [1.165, 1.54) is 16.9 Å². The van der Waals surface area contributed by atoms with E-state index in [1.54, 1.807) is 4.90 Å². The van der Waals surface area contributed by atoms with Gasteiger partial charge in [0.05, 0.1) is 17.0 Å². The molecule has 0 radical (unpaired) electrons. The van der Waals surface area contributed by atoms with E-state index in [4.69, 9.17) is 4.42 Å². The van der Waals surface area contributed by atoms with Gasteiger partial charge in [0.25, 0.3) is 5.91 Å². The molecule has 2 aromatic carbocycles. The van der Waals surface area contributed by atoms with Crippen molar-refractivity contribution in [1.82, 2.24) is 10.2 Å². The number of anilines is 1. The van der Waals surface area contributed by atoms with Crippen LogP contribution in [0.3, 0.4) is 0 Å². The van der Waals surface area contributed by atoms with E-state index in [9.17, 15) is 9.59 Å². The first kappa shape index (κ1) is 22.5. The number of carbonyl (C=O) groups excluding carboxylic acids is 1. The quantitative estimate of drug-likeness (QED) is 0.351. The third-order valence-electron chi connectivity index (χ3n) is 6.53. The lowest BCUT2D eigenvalue weighted by molar-refractivity contribution is 0.0970. The van der Waals surface area contributed by atoms with Gasteiger partial charge in [-0.05, 0) is 60.6 Å². The molecule has 0 saturated carbocycles. The second-order valence-electron chi connectivity index (χ2n) is 9.23.